The van der Waals surface area contributed by atoms with Crippen LogP contribution in [0.3, 0.4) is 0 Å². The number of aromatic nitrogens is 7. The lowest BCUT2D eigenvalue weighted by Crippen LogP contribution is -2.23. The van der Waals surface area contributed by atoms with E-state index in [-0.39, 0.29) is 11.9 Å². The number of benzene rings is 1. The van der Waals surface area contributed by atoms with Gasteiger partial charge in [-0.2, -0.15) is 5.10 Å². The number of aromatic amines is 2. The number of carbonyl (C=O) groups excluding carboxylic acids is 1. The summed E-state index contributed by atoms with van der Waals surface area (Å²) in [7, 11) is 0. The highest BCUT2D eigenvalue weighted by atomic mass is 16.2. The van der Waals surface area contributed by atoms with Crippen LogP contribution >= 0.6 is 0 Å². The lowest BCUT2D eigenvalue weighted by molar-refractivity contribution is -0.119. The molecule has 1 unspecified atom stereocenters. The van der Waals surface area contributed by atoms with Crippen LogP contribution in [0.5, 0.6) is 0 Å². The van der Waals surface area contributed by atoms with E-state index in [1.165, 1.54) is 0 Å². The van der Waals surface area contributed by atoms with E-state index in [9.17, 15) is 4.79 Å². The van der Waals surface area contributed by atoms with Crippen LogP contribution in [-0.2, 0) is 11.2 Å². The predicted molar refractivity (Wildman–Crippen MR) is 144 cm³/mol. The van der Waals surface area contributed by atoms with Gasteiger partial charge in [-0.3, -0.25) is 9.48 Å². The lowest BCUT2D eigenvalue weighted by Gasteiger charge is -2.13. The molecule has 37 heavy (non-hydrogen) atoms. The molecule has 5 N–H and O–H groups in total. The molecule has 0 aliphatic carbocycles. The van der Waals surface area contributed by atoms with Crippen molar-refractivity contribution in [1.29, 1.82) is 0 Å². The number of nitrogens with one attached hydrogen (secondary N) is 3. The molecule has 0 bridgehead atoms. The number of nitrogens with two attached hydrogens (primary N) is 1. The highest BCUT2D eigenvalue weighted by molar-refractivity contribution is 5.96. The number of carbonyl (C=O) groups is 1. The molecule has 6 rings (SSSR count). The second-order valence-corrected chi connectivity index (χ2v) is 8.93. The van der Waals surface area contributed by atoms with Crippen molar-refractivity contribution in [3.8, 4) is 22.4 Å². The number of anilines is 2. The molecular weight excluding hydrogens is 466 g/mol. The summed E-state index contributed by atoms with van der Waals surface area (Å²) < 4.78 is 1.65. The van der Waals surface area contributed by atoms with Crippen LogP contribution in [0.15, 0.2) is 67.4 Å². The van der Waals surface area contributed by atoms with E-state index >= 15 is 0 Å². The fourth-order valence-corrected chi connectivity index (χ4v) is 4.41. The second-order valence-electron chi connectivity index (χ2n) is 8.93. The van der Waals surface area contributed by atoms with Crippen LogP contribution in [0.1, 0.15) is 25.6 Å². The fraction of sp³-hybridized carbons (Fsp3) is 0.148. The van der Waals surface area contributed by atoms with Crippen LogP contribution in [0.25, 0.3) is 44.3 Å². The molecule has 10 nitrogen and oxygen atoms in total. The number of rotatable bonds is 6. The Morgan fingerprint density at radius 3 is 2.86 bits per heavy atom. The molecule has 0 aliphatic rings. The van der Waals surface area contributed by atoms with Crippen LogP contribution in [0.4, 0.5) is 11.6 Å². The molecule has 184 valence electrons. The number of hydrogen-bond donors (Lipinski definition) is 4. The second kappa shape index (κ2) is 8.90. The number of aryl methyl sites for hydroxylation is 1. The Bertz CT molecular complexity index is 1760. The van der Waals surface area contributed by atoms with Gasteiger partial charge in [0.15, 0.2) is 0 Å². The van der Waals surface area contributed by atoms with Gasteiger partial charge in [-0.25, -0.2) is 15.0 Å². The van der Waals surface area contributed by atoms with E-state index in [1.54, 1.807) is 17.1 Å². The van der Waals surface area contributed by atoms with E-state index in [4.69, 9.17) is 5.73 Å². The van der Waals surface area contributed by atoms with Crippen molar-refractivity contribution in [3.05, 3.63) is 73.1 Å². The minimum Gasteiger partial charge on any atom is -0.368 e. The molecule has 1 atom stereocenters. The molecule has 5 aromatic heterocycles. The largest absolute Gasteiger partial charge is 0.368 e. The van der Waals surface area contributed by atoms with Gasteiger partial charge in [0.05, 0.1) is 11.9 Å². The lowest BCUT2D eigenvalue weighted by atomic mass is 10.1. The Hall–Kier alpha value is -4.99. The van der Waals surface area contributed by atoms with Crippen molar-refractivity contribution in [2.75, 3.05) is 11.1 Å². The first kappa shape index (κ1) is 22.5. The van der Waals surface area contributed by atoms with Crippen molar-refractivity contribution in [2.45, 2.75) is 26.3 Å². The summed E-state index contributed by atoms with van der Waals surface area (Å²) >= 11 is 0. The zero-order chi connectivity index (χ0) is 25.5. The summed E-state index contributed by atoms with van der Waals surface area (Å²) in [6, 6.07) is 11.2. The van der Waals surface area contributed by atoms with Crippen LogP contribution in [-0.4, -0.2) is 40.6 Å². The molecular formula is C27H25N9O. The first-order valence-corrected chi connectivity index (χ1v) is 12.0. The summed E-state index contributed by atoms with van der Waals surface area (Å²) in [4.78, 5) is 32.6. The molecule has 5 heterocycles. The Balaban J connectivity index is 1.26. The standard InChI is InChI=1S/C27H25N9O/c1-3-19-10-24(35-27(28)34-19)22-13-31-25-21(22)9-17(11-30-25)18-12-32-36(14-18)15(2)26(37)33-20-4-5-23-16(8-20)6-7-29-23/h4-15,29H,3H2,1-2H3,(H,30,31)(H,33,37)(H2,28,34,35). The van der Waals surface area contributed by atoms with Crippen molar-refractivity contribution >= 4 is 39.5 Å². The quantitative estimate of drug-likeness (QED) is 0.266. The van der Waals surface area contributed by atoms with Gasteiger partial charge in [-0.05, 0) is 49.7 Å². The zero-order valence-electron chi connectivity index (χ0n) is 20.4. The Morgan fingerprint density at radius 1 is 1.11 bits per heavy atom. The molecule has 0 saturated heterocycles. The van der Waals surface area contributed by atoms with Crippen LogP contribution < -0.4 is 11.1 Å². The normalized spacial score (nSPS) is 12.3. The first-order valence-electron chi connectivity index (χ1n) is 12.0. The Morgan fingerprint density at radius 2 is 2.00 bits per heavy atom. The molecule has 6 aromatic rings. The predicted octanol–water partition coefficient (Wildman–Crippen LogP) is 4.71. The van der Waals surface area contributed by atoms with Gasteiger partial charge in [-0.1, -0.05) is 6.92 Å². The molecule has 0 aliphatic heterocycles. The maximum absolute atomic E-state index is 12.9. The van der Waals surface area contributed by atoms with Crippen molar-refractivity contribution in [2.24, 2.45) is 0 Å². The van der Waals surface area contributed by atoms with Gasteiger partial charge < -0.3 is 21.0 Å². The minimum absolute atomic E-state index is 0.154. The van der Waals surface area contributed by atoms with E-state index in [0.717, 1.165) is 62.1 Å². The SMILES string of the molecule is CCc1cc(-c2c[nH]c3ncc(-c4cnn(C(C)C(=O)Nc5ccc6[nH]ccc6c5)c4)cc23)nc(N)n1. The molecule has 0 radical (unpaired) electrons. The monoisotopic (exact) mass is 491 g/mol. The number of H-pyrrole nitrogens is 2. The summed E-state index contributed by atoms with van der Waals surface area (Å²) in [6.07, 6.45) is 9.89. The first-order chi connectivity index (χ1) is 18.0. The smallest absolute Gasteiger partial charge is 0.248 e. The minimum atomic E-state index is -0.508. The maximum Gasteiger partial charge on any atom is 0.248 e. The number of nitrogen functional groups attached to an aromatic ring is 1. The number of amides is 1. The topological polar surface area (TPSA) is 143 Å². The third kappa shape index (κ3) is 4.18. The molecule has 1 amide bonds. The van der Waals surface area contributed by atoms with E-state index in [1.807, 2.05) is 68.8 Å². The summed E-state index contributed by atoms with van der Waals surface area (Å²) in [6.45, 7) is 3.84. The molecule has 1 aromatic carbocycles. The molecule has 10 heteroatoms. The van der Waals surface area contributed by atoms with Gasteiger partial charge in [0, 0.05) is 69.1 Å². The fourth-order valence-electron chi connectivity index (χ4n) is 4.41. The summed E-state index contributed by atoms with van der Waals surface area (Å²) in [5.74, 6) is 0.0912. The van der Waals surface area contributed by atoms with Gasteiger partial charge in [0.1, 0.15) is 11.7 Å². The average molecular weight is 492 g/mol. The van der Waals surface area contributed by atoms with Crippen molar-refractivity contribution in [3.63, 3.8) is 0 Å². The van der Waals surface area contributed by atoms with Crippen molar-refractivity contribution < 1.29 is 4.79 Å². The maximum atomic E-state index is 12.9. The average Bonchev–Trinajstić information content (AvgIpc) is 3.66. The van der Waals surface area contributed by atoms with Gasteiger partial charge >= 0.3 is 0 Å². The van der Waals surface area contributed by atoms with Crippen LogP contribution in [0.2, 0.25) is 0 Å². The van der Waals surface area contributed by atoms with Crippen LogP contribution in [0, 0.1) is 0 Å². The Labute approximate surface area is 212 Å². The third-order valence-electron chi connectivity index (χ3n) is 6.50. The van der Waals surface area contributed by atoms with Gasteiger partial charge in [-0.15, -0.1) is 0 Å². The molecule has 0 fully saturated rings. The third-order valence-corrected chi connectivity index (χ3v) is 6.50. The Kier molecular flexibility index (Phi) is 5.41. The van der Waals surface area contributed by atoms with E-state index < -0.39 is 6.04 Å². The number of pyridine rings is 1. The van der Waals surface area contributed by atoms with Crippen molar-refractivity contribution in [1.82, 2.24) is 34.7 Å². The highest BCUT2D eigenvalue weighted by Crippen LogP contribution is 2.31. The van der Waals surface area contributed by atoms with Gasteiger partial charge in [0.2, 0.25) is 11.9 Å². The summed E-state index contributed by atoms with van der Waals surface area (Å²) in [5.41, 5.74) is 12.7. The number of hydrogen-bond acceptors (Lipinski definition) is 6. The summed E-state index contributed by atoms with van der Waals surface area (Å²) in [5, 5.41) is 9.39. The van der Waals surface area contributed by atoms with E-state index in [0.29, 0.717) is 0 Å². The van der Waals surface area contributed by atoms with Gasteiger partial charge in [0.25, 0.3) is 0 Å². The molecule has 0 saturated carbocycles. The highest BCUT2D eigenvalue weighted by Gasteiger charge is 2.18. The van der Waals surface area contributed by atoms with E-state index in [2.05, 4.69) is 35.3 Å². The molecule has 0 spiro atoms. The number of nitrogens with zero attached hydrogens (tertiary/aromatic N) is 5. The zero-order valence-corrected chi connectivity index (χ0v) is 20.4. The number of fused-ring (bicyclic) bond motifs is 2.